The smallest absolute Gasteiger partial charge is 0.309 e. The summed E-state index contributed by atoms with van der Waals surface area (Å²) in [6.45, 7) is 9.32. The number of hydrogen-bond acceptors (Lipinski definition) is 10. The van der Waals surface area contributed by atoms with Gasteiger partial charge in [-0.3, -0.25) is 24.0 Å². The summed E-state index contributed by atoms with van der Waals surface area (Å²) < 4.78 is 30.7. The van der Waals surface area contributed by atoms with Gasteiger partial charge in [0.2, 0.25) is 0 Å². The molecule has 0 bridgehead atoms. The van der Waals surface area contributed by atoms with Crippen LogP contribution in [0.25, 0.3) is 0 Å². The fraction of sp³-hybridized carbons (Fsp3) is 0.809. The highest BCUT2D eigenvalue weighted by atomic mass is 16.6. The first-order valence-electron chi connectivity index (χ1n) is 22.4. The molecule has 0 aromatic carbocycles. The fourth-order valence-electron chi connectivity index (χ4n) is 17.8. The Morgan fingerprint density at radius 1 is 0.684 bits per heavy atom. The van der Waals surface area contributed by atoms with Crippen LogP contribution in [-0.2, 0) is 47.7 Å². The summed E-state index contributed by atoms with van der Waals surface area (Å²) in [5, 5.41) is 0. The number of methoxy groups -OCH3 is 1. The van der Waals surface area contributed by atoms with E-state index in [9.17, 15) is 24.0 Å². The van der Waals surface area contributed by atoms with E-state index < -0.39 is 11.2 Å². The van der Waals surface area contributed by atoms with Gasteiger partial charge in [0.05, 0.1) is 25.2 Å². The number of ether oxygens (including phenoxy) is 5. The molecule has 4 saturated heterocycles. The highest BCUT2D eigenvalue weighted by molar-refractivity contribution is 5.93. The Hall–Kier alpha value is -2.85. The summed E-state index contributed by atoms with van der Waals surface area (Å²) in [5.74, 6) is 2.57. The minimum absolute atomic E-state index is 0.00124. The third kappa shape index (κ3) is 3.97. The van der Waals surface area contributed by atoms with Crippen molar-refractivity contribution in [3.8, 4) is 0 Å². The minimum Gasteiger partial charge on any atom is -0.469 e. The van der Waals surface area contributed by atoms with E-state index in [-0.39, 0.29) is 86.5 Å². The zero-order chi connectivity index (χ0) is 39.5. The summed E-state index contributed by atoms with van der Waals surface area (Å²) in [4.78, 5) is 61.6. The molecule has 306 valence electrons. The van der Waals surface area contributed by atoms with Gasteiger partial charge in [-0.25, -0.2) is 0 Å². The average Bonchev–Trinajstić information content (AvgIpc) is 4.11. The summed E-state index contributed by atoms with van der Waals surface area (Å²) in [7, 11) is 1.45. The predicted octanol–water partition coefficient (Wildman–Crippen LogP) is 6.71. The van der Waals surface area contributed by atoms with Crippen molar-refractivity contribution in [2.24, 2.45) is 63.1 Å². The van der Waals surface area contributed by atoms with Gasteiger partial charge in [0.1, 0.15) is 22.4 Å². The summed E-state index contributed by atoms with van der Waals surface area (Å²) in [6.07, 6.45) is 17.5. The van der Waals surface area contributed by atoms with Gasteiger partial charge in [0, 0.05) is 53.3 Å². The van der Waals surface area contributed by atoms with Crippen LogP contribution < -0.4 is 0 Å². The van der Waals surface area contributed by atoms with Gasteiger partial charge >= 0.3 is 17.9 Å². The lowest BCUT2D eigenvalue weighted by Crippen LogP contribution is -2.63. The van der Waals surface area contributed by atoms with Crippen molar-refractivity contribution < 1.29 is 47.7 Å². The first-order chi connectivity index (χ1) is 27.1. The quantitative estimate of drug-likeness (QED) is 0.160. The van der Waals surface area contributed by atoms with Crippen molar-refractivity contribution in [3.05, 3.63) is 23.3 Å². The number of hydrogen-bond donors (Lipinski definition) is 0. The number of carbonyl (C=O) groups excluding carboxylic acids is 5. The Bertz CT molecular complexity index is 2040. The Morgan fingerprint density at radius 2 is 1.23 bits per heavy atom. The maximum atomic E-state index is 13.0. The molecular formula is C47H58O10. The second kappa shape index (κ2) is 10.7. The minimum atomic E-state index is -0.424. The largest absolute Gasteiger partial charge is 0.469 e. The van der Waals surface area contributed by atoms with E-state index in [0.717, 1.165) is 63.4 Å². The maximum Gasteiger partial charge on any atom is 0.309 e. The van der Waals surface area contributed by atoms with Crippen molar-refractivity contribution in [2.75, 3.05) is 7.11 Å². The van der Waals surface area contributed by atoms with Crippen LogP contribution in [0, 0.1) is 63.1 Å². The monoisotopic (exact) mass is 782 g/mol. The highest BCUT2D eigenvalue weighted by Gasteiger charge is 2.86. The second-order valence-electron chi connectivity index (χ2n) is 22.0. The molecular weight excluding hydrogens is 725 g/mol. The van der Waals surface area contributed by atoms with Crippen molar-refractivity contribution in [1.29, 1.82) is 0 Å². The van der Waals surface area contributed by atoms with Gasteiger partial charge < -0.3 is 23.7 Å². The normalized spacial score (nSPS) is 57.4. The van der Waals surface area contributed by atoms with Crippen LogP contribution in [0.1, 0.15) is 130 Å². The molecule has 12 unspecified atom stereocenters. The zero-order valence-electron chi connectivity index (χ0n) is 34.2. The third-order valence-electron chi connectivity index (χ3n) is 20.7. The lowest BCUT2D eigenvalue weighted by Gasteiger charge is -2.58. The van der Waals surface area contributed by atoms with E-state index >= 15 is 0 Å². The molecule has 7 saturated carbocycles. The molecule has 13 rings (SSSR count). The Balaban J connectivity index is 0.000000125. The molecule has 0 N–H and O–H groups in total. The Kier molecular flexibility index (Phi) is 6.77. The maximum absolute atomic E-state index is 13.0. The lowest BCUT2D eigenvalue weighted by atomic mass is 9.43. The van der Waals surface area contributed by atoms with Crippen LogP contribution in [0.4, 0.5) is 0 Å². The van der Waals surface area contributed by atoms with Crippen LogP contribution >= 0.6 is 0 Å². The first kappa shape index (κ1) is 36.0. The van der Waals surface area contributed by atoms with Crippen molar-refractivity contribution in [1.82, 2.24) is 0 Å². The highest BCUT2D eigenvalue weighted by Crippen LogP contribution is 2.83. The fourth-order valence-corrected chi connectivity index (χ4v) is 17.8. The number of ketones is 2. The average molecular weight is 783 g/mol. The van der Waals surface area contributed by atoms with E-state index in [2.05, 4.69) is 27.7 Å². The number of esters is 3. The molecule has 10 heteroatoms. The molecule has 17 atom stereocenters. The van der Waals surface area contributed by atoms with E-state index in [4.69, 9.17) is 23.7 Å². The number of epoxide rings is 2. The first-order valence-corrected chi connectivity index (χ1v) is 22.4. The van der Waals surface area contributed by atoms with E-state index in [1.807, 2.05) is 6.08 Å². The van der Waals surface area contributed by atoms with E-state index in [1.54, 1.807) is 6.08 Å². The van der Waals surface area contributed by atoms with Gasteiger partial charge in [-0.15, -0.1) is 0 Å². The molecule has 0 amide bonds. The predicted molar refractivity (Wildman–Crippen MR) is 202 cm³/mol. The van der Waals surface area contributed by atoms with Crippen LogP contribution in [0.15, 0.2) is 23.3 Å². The lowest BCUT2D eigenvalue weighted by molar-refractivity contribution is -0.172. The van der Waals surface area contributed by atoms with Crippen LogP contribution in [0.5, 0.6) is 0 Å². The number of fused-ring (bicyclic) bond motifs is 11. The molecule has 13 aliphatic rings. The van der Waals surface area contributed by atoms with Gasteiger partial charge in [-0.2, -0.15) is 0 Å². The zero-order valence-corrected chi connectivity index (χ0v) is 34.2. The Morgan fingerprint density at radius 3 is 1.79 bits per heavy atom. The molecule has 0 radical (unpaired) electrons. The van der Waals surface area contributed by atoms with Gasteiger partial charge in [-0.05, 0) is 119 Å². The molecule has 0 aromatic rings. The standard InChI is InChI=1S/C24H30O6.C23H28O4/c1-21-7-4-14(25)10-13(21)11-15(20(27)28-3)19-16-5-8-23(9-6-18(26)30-23)22(16,2)12-17-24(19,21)29-17;1-20-6-3-12(24)9-16(20)13-10-14(13)19-15-4-7-22(8-5-18(25)27-22)21(15,2)11-17-23(19,20)26-17/h10,15-17,19H,4-9,11-12H2,1-3H3;9,13-15,17,19H,3-8,10-11H2,1-2H3/t15-,16?,17?,19?,21?,22?,23-,24-;13?,14?,15?,17?,19?,20?,21?,22-,23-/m11/s1. The third-order valence-corrected chi connectivity index (χ3v) is 20.7. The van der Waals surface area contributed by atoms with E-state index in [1.165, 1.54) is 25.5 Å². The number of rotatable bonds is 1. The molecule has 4 aliphatic heterocycles. The summed E-state index contributed by atoms with van der Waals surface area (Å²) in [5.41, 5.74) is 1.06. The van der Waals surface area contributed by atoms with Gasteiger partial charge in [0.15, 0.2) is 11.6 Å². The van der Waals surface area contributed by atoms with Crippen LogP contribution in [-0.4, -0.2) is 71.2 Å². The molecule has 10 nitrogen and oxygen atoms in total. The van der Waals surface area contributed by atoms with Crippen LogP contribution in [0.2, 0.25) is 0 Å². The number of carbonyl (C=O) groups is 5. The van der Waals surface area contributed by atoms with Crippen molar-refractivity contribution in [2.45, 2.75) is 165 Å². The van der Waals surface area contributed by atoms with Crippen molar-refractivity contribution >= 4 is 29.5 Å². The molecule has 57 heavy (non-hydrogen) atoms. The second-order valence-corrected chi connectivity index (χ2v) is 22.0. The molecule has 11 fully saturated rings. The van der Waals surface area contributed by atoms with E-state index in [0.29, 0.717) is 61.6 Å². The van der Waals surface area contributed by atoms with Gasteiger partial charge in [0.25, 0.3) is 0 Å². The summed E-state index contributed by atoms with van der Waals surface area (Å²) in [6, 6.07) is 0. The molecule has 4 spiro atoms. The topological polar surface area (TPSA) is 138 Å². The van der Waals surface area contributed by atoms with Crippen molar-refractivity contribution in [3.63, 3.8) is 0 Å². The molecule has 9 aliphatic carbocycles. The molecule has 4 heterocycles. The SMILES string of the molecule is CC12CC3O[C@@]34C(C3CC3C3=CC(=O)CCC34C)C1CC[C@@]21CCC(=O)O1.COC(=O)[C@@H]1CC2=CC(=O)CCC2(C)[C@@]23OC2CC2(C)C(CC[C@@]24CCC(=O)O4)C13. The Labute approximate surface area is 334 Å². The summed E-state index contributed by atoms with van der Waals surface area (Å²) >= 11 is 0. The molecule has 0 aromatic heterocycles. The van der Waals surface area contributed by atoms with Crippen LogP contribution in [0.3, 0.4) is 0 Å². The van der Waals surface area contributed by atoms with Gasteiger partial charge in [-0.1, -0.05) is 38.8 Å².